The van der Waals surface area contributed by atoms with Gasteiger partial charge in [0, 0.05) is 19.0 Å². The summed E-state index contributed by atoms with van der Waals surface area (Å²) in [6.45, 7) is 6.55. The van der Waals surface area contributed by atoms with Gasteiger partial charge >= 0.3 is 0 Å². The molecule has 0 heterocycles. The van der Waals surface area contributed by atoms with Gasteiger partial charge in [0.25, 0.3) is 0 Å². The summed E-state index contributed by atoms with van der Waals surface area (Å²) in [6.07, 6.45) is 7.67. The van der Waals surface area contributed by atoms with Crippen LogP contribution in [0.5, 0.6) is 0 Å². The van der Waals surface area contributed by atoms with Crippen LogP contribution in [-0.2, 0) is 16.1 Å². The zero-order valence-electron chi connectivity index (χ0n) is 16.6. The second-order valence-electron chi connectivity index (χ2n) is 7.52. The van der Waals surface area contributed by atoms with Crippen LogP contribution < -0.4 is 5.32 Å². The number of amides is 2. The van der Waals surface area contributed by atoms with Crippen LogP contribution in [0.15, 0.2) is 24.3 Å². The first kappa shape index (κ1) is 20.5. The average Bonchev–Trinajstić information content (AvgIpc) is 2.64. The van der Waals surface area contributed by atoms with E-state index < -0.39 is 6.04 Å². The lowest BCUT2D eigenvalue weighted by Gasteiger charge is -2.32. The van der Waals surface area contributed by atoms with Gasteiger partial charge in [-0.05, 0) is 38.2 Å². The molecular weight excluding hydrogens is 324 g/mol. The fourth-order valence-corrected chi connectivity index (χ4v) is 3.71. The van der Waals surface area contributed by atoms with E-state index in [1.165, 1.54) is 24.8 Å². The highest BCUT2D eigenvalue weighted by molar-refractivity contribution is 5.87. The molecule has 1 saturated carbocycles. The van der Waals surface area contributed by atoms with Gasteiger partial charge in [-0.2, -0.15) is 0 Å². The molecule has 4 nitrogen and oxygen atoms in total. The Hall–Kier alpha value is -1.84. The minimum atomic E-state index is -0.391. The van der Waals surface area contributed by atoms with E-state index in [1.54, 1.807) is 4.90 Å². The van der Waals surface area contributed by atoms with Crippen LogP contribution in [-0.4, -0.2) is 28.8 Å². The molecule has 0 unspecified atom stereocenters. The van der Waals surface area contributed by atoms with Gasteiger partial charge in [0.15, 0.2) is 0 Å². The van der Waals surface area contributed by atoms with Gasteiger partial charge < -0.3 is 10.2 Å². The van der Waals surface area contributed by atoms with Crippen LogP contribution >= 0.6 is 0 Å². The van der Waals surface area contributed by atoms with Gasteiger partial charge in [-0.3, -0.25) is 9.59 Å². The van der Waals surface area contributed by atoms with Crippen molar-refractivity contribution in [3.63, 3.8) is 0 Å². The Morgan fingerprint density at radius 1 is 1.12 bits per heavy atom. The molecular formula is C22H34N2O2. The number of hydrogen-bond acceptors (Lipinski definition) is 2. The Morgan fingerprint density at radius 3 is 2.35 bits per heavy atom. The molecule has 4 heteroatoms. The standard InChI is InChI=1S/C22H34N2O2/c1-4-9-21(25)24(16-18-14-12-17(3)13-15-18)20(5-2)22(26)23-19-10-7-6-8-11-19/h12-15,19-20H,4-11,16H2,1-3H3,(H,23,26)/t20-/m1/s1. The number of carbonyl (C=O) groups excluding carboxylic acids is 2. The van der Waals surface area contributed by atoms with E-state index in [0.717, 1.165) is 24.8 Å². The number of rotatable bonds is 8. The topological polar surface area (TPSA) is 49.4 Å². The van der Waals surface area contributed by atoms with Crippen molar-refractivity contribution in [3.05, 3.63) is 35.4 Å². The third kappa shape index (κ3) is 5.86. The smallest absolute Gasteiger partial charge is 0.243 e. The van der Waals surface area contributed by atoms with Gasteiger partial charge in [0.05, 0.1) is 0 Å². The number of nitrogens with zero attached hydrogens (tertiary/aromatic N) is 1. The molecule has 2 rings (SSSR count). The first-order valence-electron chi connectivity index (χ1n) is 10.2. The minimum absolute atomic E-state index is 0.0102. The molecule has 0 spiro atoms. The first-order valence-corrected chi connectivity index (χ1v) is 10.2. The molecule has 0 aromatic heterocycles. The van der Waals surface area contributed by atoms with Crippen molar-refractivity contribution in [2.75, 3.05) is 0 Å². The van der Waals surface area contributed by atoms with Gasteiger partial charge in [-0.15, -0.1) is 0 Å². The normalized spacial score (nSPS) is 16.1. The molecule has 144 valence electrons. The predicted octanol–water partition coefficient (Wildman–Crippen LogP) is 4.35. The molecule has 0 aliphatic heterocycles. The summed E-state index contributed by atoms with van der Waals surface area (Å²) >= 11 is 0. The largest absolute Gasteiger partial charge is 0.352 e. The number of hydrogen-bond donors (Lipinski definition) is 1. The zero-order valence-corrected chi connectivity index (χ0v) is 16.6. The van der Waals surface area contributed by atoms with Gasteiger partial charge in [-0.25, -0.2) is 0 Å². The van der Waals surface area contributed by atoms with Crippen molar-refractivity contribution in [2.24, 2.45) is 0 Å². The molecule has 0 radical (unpaired) electrons. The van der Waals surface area contributed by atoms with Crippen molar-refractivity contribution in [2.45, 2.75) is 90.8 Å². The second-order valence-corrected chi connectivity index (χ2v) is 7.52. The highest BCUT2D eigenvalue weighted by Crippen LogP contribution is 2.19. The number of carbonyl (C=O) groups is 2. The summed E-state index contributed by atoms with van der Waals surface area (Å²) in [4.78, 5) is 27.5. The molecule has 26 heavy (non-hydrogen) atoms. The lowest BCUT2D eigenvalue weighted by atomic mass is 9.95. The summed E-state index contributed by atoms with van der Waals surface area (Å²) in [5.74, 6) is 0.0784. The molecule has 1 aliphatic rings. The Kier molecular flexibility index (Phi) is 8.14. The lowest BCUT2D eigenvalue weighted by Crippen LogP contribution is -2.51. The van der Waals surface area contributed by atoms with E-state index in [2.05, 4.69) is 24.4 Å². The van der Waals surface area contributed by atoms with Crippen LogP contribution in [0.25, 0.3) is 0 Å². The number of benzene rings is 1. The quantitative estimate of drug-likeness (QED) is 0.751. The summed E-state index contributed by atoms with van der Waals surface area (Å²) in [5, 5.41) is 3.21. The molecule has 1 aromatic rings. The Bertz CT molecular complexity index is 576. The summed E-state index contributed by atoms with van der Waals surface area (Å²) < 4.78 is 0. The van der Waals surface area contributed by atoms with E-state index in [1.807, 2.05) is 26.0 Å². The minimum Gasteiger partial charge on any atom is -0.352 e. The third-order valence-electron chi connectivity index (χ3n) is 5.27. The SMILES string of the molecule is CCCC(=O)N(Cc1ccc(C)cc1)[C@H](CC)C(=O)NC1CCCCC1. The monoisotopic (exact) mass is 358 g/mol. The van der Waals surface area contributed by atoms with Crippen LogP contribution in [0.1, 0.15) is 76.3 Å². The molecule has 0 bridgehead atoms. The van der Waals surface area contributed by atoms with Crippen molar-refractivity contribution in [3.8, 4) is 0 Å². The second kappa shape index (κ2) is 10.3. The zero-order chi connectivity index (χ0) is 18.9. The molecule has 1 atom stereocenters. The summed E-state index contributed by atoms with van der Waals surface area (Å²) in [5.41, 5.74) is 2.27. The van der Waals surface area contributed by atoms with Crippen LogP contribution in [0, 0.1) is 6.92 Å². The summed E-state index contributed by atoms with van der Waals surface area (Å²) in [7, 11) is 0. The van der Waals surface area contributed by atoms with E-state index in [-0.39, 0.29) is 17.9 Å². The van der Waals surface area contributed by atoms with Crippen LogP contribution in [0.3, 0.4) is 0 Å². The Balaban J connectivity index is 2.12. The van der Waals surface area contributed by atoms with Crippen molar-refractivity contribution >= 4 is 11.8 Å². The van der Waals surface area contributed by atoms with Crippen molar-refractivity contribution in [1.29, 1.82) is 0 Å². The fraction of sp³-hybridized carbons (Fsp3) is 0.636. The average molecular weight is 359 g/mol. The van der Waals surface area contributed by atoms with Crippen LogP contribution in [0.4, 0.5) is 0 Å². The van der Waals surface area contributed by atoms with E-state index in [0.29, 0.717) is 19.4 Å². The van der Waals surface area contributed by atoms with E-state index >= 15 is 0 Å². The highest BCUT2D eigenvalue weighted by Gasteiger charge is 2.29. The molecule has 1 aliphatic carbocycles. The van der Waals surface area contributed by atoms with Gasteiger partial charge in [0.1, 0.15) is 6.04 Å². The van der Waals surface area contributed by atoms with Crippen LogP contribution in [0.2, 0.25) is 0 Å². The predicted molar refractivity (Wildman–Crippen MR) is 106 cm³/mol. The number of nitrogens with one attached hydrogen (secondary N) is 1. The molecule has 2 amide bonds. The van der Waals surface area contributed by atoms with Gasteiger partial charge in [-0.1, -0.05) is 62.9 Å². The van der Waals surface area contributed by atoms with E-state index in [4.69, 9.17) is 0 Å². The molecule has 1 fully saturated rings. The van der Waals surface area contributed by atoms with Crippen molar-refractivity contribution < 1.29 is 9.59 Å². The summed E-state index contributed by atoms with van der Waals surface area (Å²) in [6, 6.07) is 8.09. The Morgan fingerprint density at radius 2 is 1.77 bits per heavy atom. The maximum absolute atomic E-state index is 12.9. The molecule has 0 saturated heterocycles. The third-order valence-corrected chi connectivity index (χ3v) is 5.27. The number of aryl methyl sites for hydroxylation is 1. The first-order chi connectivity index (χ1) is 12.5. The Labute approximate surface area is 158 Å². The maximum Gasteiger partial charge on any atom is 0.243 e. The molecule has 1 aromatic carbocycles. The maximum atomic E-state index is 12.9. The van der Waals surface area contributed by atoms with Crippen molar-refractivity contribution in [1.82, 2.24) is 10.2 Å². The molecule has 1 N–H and O–H groups in total. The highest BCUT2D eigenvalue weighted by atomic mass is 16.2. The van der Waals surface area contributed by atoms with E-state index in [9.17, 15) is 9.59 Å². The van der Waals surface area contributed by atoms with Gasteiger partial charge in [0.2, 0.25) is 11.8 Å². The lowest BCUT2D eigenvalue weighted by molar-refractivity contribution is -0.141. The fourth-order valence-electron chi connectivity index (χ4n) is 3.71.